The normalized spacial score (nSPS) is 19.9. The molecule has 3 rings (SSSR count). The molecule has 3 N–H and O–H groups in total. The molecule has 146 valence electrons. The molecule has 1 fully saturated rings. The summed E-state index contributed by atoms with van der Waals surface area (Å²) in [6.07, 6.45) is -2.41. The number of likely N-dealkylation sites (tertiary alicyclic amines) is 1. The van der Waals surface area contributed by atoms with Crippen molar-refractivity contribution in [1.29, 1.82) is 0 Å². The molecule has 0 saturated carbocycles. The van der Waals surface area contributed by atoms with Crippen LogP contribution in [0.4, 0.5) is 13.2 Å². The highest BCUT2D eigenvalue weighted by Gasteiger charge is 2.31. The van der Waals surface area contributed by atoms with Crippen LogP contribution >= 0.6 is 0 Å². The lowest BCUT2D eigenvalue weighted by molar-refractivity contribution is -0.137. The van der Waals surface area contributed by atoms with Gasteiger partial charge in [-0.05, 0) is 69.1 Å². The molecular weight excluding hydrogens is 357 g/mol. The monoisotopic (exact) mass is 380 g/mol. The van der Waals surface area contributed by atoms with Gasteiger partial charge in [0.15, 0.2) is 0 Å². The van der Waals surface area contributed by atoms with E-state index in [1.807, 2.05) is 0 Å². The topological polar surface area (TPSA) is 75.3 Å². The second-order valence-corrected chi connectivity index (χ2v) is 7.22. The highest BCUT2D eigenvalue weighted by Crippen LogP contribution is 2.37. The van der Waals surface area contributed by atoms with E-state index in [4.69, 9.17) is 5.73 Å². The molecule has 0 spiro atoms. The molecule has 2 unspecified atom stereocenters. The maximum atomic E-state index is 12.8. The fourth-order valence-corrected chi connectivity index (χ4v) is 3.58. The number of benzene rings is 1. The third kappa shape index (κ3) is 4.22. The first-order valence-corrected chi connectivity index (χ1v) is 8.85. The summed E-state index contributed by atoms with van der Waals surface area (Å²) in [6.45, 7) is 3.73. The molecule has 8 heteroatoms. The van der Waals surface area contributed by atoms with Crippen molar-refractivity contribution in [1.82, 2.24) is 15.1 Å². The van der Waals surface area contributed by atoms with Crippen molar-refractivity contribution in [2.75, 3.05) is 20.1 Å². The molecule has 1 aromatic carbocycles. The van der Waals surface area contributed by atoms with Crippen LogP contribution in [0.1, 0.15) is 35.7 Å². The van der Waals surface area contributed by atoms with Gasteiger partial charge >= 0.3 is 6.18 Å². The number of phenolic OH excluding ortho intramolecular Hbond substituents is 1. The van der Waals surface area contributed by atoms with E-state index in [9.17, 15) is 18.3 Å². The maximum Gasteiger partial charge on any atom is 0.416 e. The number of aromatic hydroxyl groups is 1. The number of phenols is 1. The van der Waals surface area contributed by atoms with E-state index in [-0.39, 0.29) is 17.5 Å². The smallest absolute Gasteiger partial charge is 0.416 e. The van der Waals surface area contributed by atoms with Gasteiger partial charge in [0.1, 0.15) is 5.75 Å². The number of hydrogen-bond donors (Lipinski definition) is 2. The van der Waals surface area contributed by atoms with Crippen molar-refractivity contribution in [3.63, 3.8) is 0 Å². The molecule has 1 aliphatic heterocycles. The zero-order valence-electron chi connectivity index (χ0n) is 15.3. The summed E-state index contributed by atoms with van der Waals surface area (Å²) in [5.74, 6) is -0.198. The molecular formula is C19H23F3N4O. The first-order chi connectivity index (χ1) is 12.7. The van der Waals surface area contributed by atoms with Gasteiger partial charge in [-0.25, -0.2) is 0 Å². The number of rotatable bonds is 3. The largest absolute Gasteiger partial charge is 0.507 e. The van der Waals surface area contributed by atoms with E-state index in [0.717, 1.165) is 32.0 Å². The molecule has 0 aliphatic carbocycles. The Bertz CT molecular complexity index is 825. The minimum atomic E-state index is -4.51. The molecule has 1 aromatic heterocycles. The maximum absolute atomic E-state index is 12.8. The van der Waals surface area contributed by atoms with E-state index >= 15 is 0 Å². The van der Waals surface area contributed by atoms with E-state index < -0.39 is 17.5 Å². The van der Waals surface area contributed by atoms with Gasteiger partial charge in [-0.3, -0.25) is 0 Å². The molecule has 2 aromatic rings. The molecule has 1 aliphatic rings. The van der Waals surface area contributed by atoms with E-state index in [1.54, 1.807) is 13.0 Å². The van der Waals surface area contributed by atoms with Crippen molar-refractivity contribution < 1.29 is 18.3 Å². The van der Waals surface area contributed by atoms with Crippen molar-refractivity contribution in [2.24, 2.45) is 11.7 Å². The van der Waals surface area contributed by atoms with Crippen molar-refractivity contribution >= 4 is 0 Å². The Kier molecular flexibility index (Phi) is 5.39. The zero-order chi connectivity index (χ0) is 19.8. The van der Waals surface area contributed by atoms with Crippen LogP contribution in [0.25, 0.3) is 11.3 Å². The number of halogens is 3. The summed E-state index contributed by atoms with van der Waals surface area (Å²) in [7, 11) is 2.06. The van der Waals surface area contributed by atoms with Crippen molar-refractivity contribution in [3.8, 4) is 17.0 Å². The van der Waals surface area contributed by atoms with Crippen LogP contribution in [0.5, 0.6) is 5.75 Å². The summed E-state index contributed by atoms with van der Waals surface area (Å²) in [5, 5.41) is 18.4. The first-order valence-electron chi connectivity index (χ1n) is 8.85. The summed E-state index contributed by atoms with van der Waals surface area (Å²) < 4.78 is 38.3. The van der Waals surface area contributed by atoms with Gasteiger partial charge in [0.05, 0.1) is 23.0 Å². The van der Waals surface area contributed by atoms with E-state index in [0.29, 0.717) is 23.0 Å². The predicted molar refractivity (Wildman–Crippen MR) is 96.0 cm³/mol. The second kappa shape index (κ2) is 7.44. The second-order valence-electron chi connectivity index (χ2n) is 7.22. The van der Waals surface area contributed by atoms with Crippen LogP contribution in [0.3, 0.4) is 0 Å². The molecule has 0 amide bonds. The van der Waals surface area contributed by atoms with Gasteiger partial charge < -0.3 is 15.7 Å². The molecule has 5 nitrogen and oxygen atoms in total. The fraction of sp³-hybridized carbons (Fsp3) is 0.474. The highest BCUT2D eigenvalue weighted by molar-refractivity contribution is 5.69. The Balaban J connectivity index is 1.87. The molecule has 0 bridgehead atoms. The van der Waals surface area contributed by atoms with Gasteiger partial charge in [-0.15, -0.1) is 5.10 Å². The van der Waals surface area contributed by atoms with Gasteiger partial charge in [0.25, 0.3) is 0 Å². The number of aryl methyl sites for hydroxylation is 1. The fourth-order valence-electron chi connectivity index (χ4n) is 3.58. The molecule has 2 heterocycles. The van der Waals surface area contributed by atoms with Gasteiger partial charge in [0, 0.05) is 12.1 Å². The minimum absolute atomic E-state index is 0.213. The predicted octanol–water partition coefficient (Wildman–Crippen LogP) is 3.52. The van der Waals surface area contributed by atoms with E-state index in [1.165, 1.54) is 6.07 Å². The third-order valence-corrected chi connectivity index (χ3v) is 5.09. The van der Waals surface area contributed by atoms with Crippen molar-refractivity contribution in [3.05, 3.63) is 41.1 Å². The Morgan fingerprint density at radius 3 is 2.59 bits per heavy atom. The Hall–Kier alpha value is -2.19. The number of aromatic nitrogens is 2. The molecule has 2 atom stereocenters. The number of nitrogens with zero attached hydrogens (tertiary/aromatic N) is 3. The van der Waals surface area contributed by atoms with Crippen LogP contribution in [0.2, 0.25) is 0 Å². The summed E-state index contributed by atoms with van der Waals surface area (Å²) in [6, 6.07) is 4.39. The number of alkyl halides is 3. The summed E-state index contributed by atoms with van der Waals surface area (Å²) >= 11 is 0. The first kappa shape index (κ1) is 19.6. The Labute approximate surface area is 156 Å². The van der Waals surface area contributed by atoms with Crippen LogP contribution in [0, 0.1) is 12.8 Å². The van der Waals surface area contributed by atoms with E-state index in [2.05, 4.69) is 22.1 Å². The standard InChI is InChI=1S/C19H23F3N4O/c1-11-8-15(17(23)12-4-3-7-26(2)10-12)24-25-18(11)14-6-5-13(9-16(14)27)19(20,21)22/h5-6,8-9,12,17,27H,3-4,7,10,23H2,1-2H3. The summed E-state index contributed by atoms with van der Waals surface area (Å²) in [5.41, 5.74) is 7.39. The molecule has 1 saturated heterocycles. The van der Waals surface area contributed by atoms with Gasteiger partial charge in [-0.2, -0.15) is 18.3 Å². The Morgan fingerprint density at radius 1 is 1.26 bits per heavy atom. The van der Waals surface area contributed by atoms with Crippen LogP contribution in [-0.2, 0) is 6.18 Å². The molecule has 0 radical (unpaired) electrons. The number of hydrogen-bond acceptors (Lipinski definition) is 5. The lowest BCUT2D eigenvalue weighted by Crippen LogP contribution is -2.38. The van der Waals surface area contributed by atoms with Crippen LogP contribution in [-0.4, -0.2) is 40.3 Å². The lowest BCUT2D eigenvalue weighted by Gasteiger charge is -2.33. The minimum Gasteiger partial charge on any atom is -0.507 e. The quantitative estimate of drug-likeness (QED) is 0.852. The SMILES string of the molecule is Cc1cc(C(N)C2CCCN(C)C2)nnc1-c1ccc(C(F)(F)F)cc1O. The lowest BCUT2D eigenvalue weighted by atomic mass is 9.89. The number of nitrogens with two attached hydrogens (primary N) is 1. The number of piperidine rings is 1. The molecule has 27 heavy (non-hydrogen) atoms. The average molecular weight is 380 g/mol. The summed E-state index contributed by atoms with van der Waals surface area (Å²) in [4.78, 5) is 2.24. The van der Waals surface area contributed by atoms with Crippen LogP contribution in [0.15, 0.2) is 24.3 Å². The highest BCUT2D eigenvalue weighted by atomic mass is 19.4. The Morgan fingerprint density at radius 2 is 2.00 bits per heavy atom. The third-order valence-electron chi connectivity index (χ3n) is 5.09. The average Bonchev–Trinajstić information content (AvgIpc) is 2.60. The van der Waals surface area contributed by atoms with Crippen LogP contribution < -0.4 is 5.73 Å². The van der Waals surface area contributed by atoms with Gasteiger partial charge in [0.2, 0.25) is 0 Å². The van der Waals surface area contributed by atoms with Crippen molar-refractivity contribution in [2.45, 2.75) is 32.0 Å². The zero-order valence-corrected chi connectivity index (χ0v) is 15.3. The van der Waals surface area contributed by atoms with Gasteiger partial charge in [-0.1, -0.05) is 0 Å².